The SMILES string of the molecule is CCCCNS(=O)(=O)c1ccc(C(C)=NNC(=S)NCC2CCCO2)cc1. The number of benzene rings is 1. The number of nitrogens with zero attached hydrogens (tertiary/aromatic N) is 1. The molecule has 2 rings (SSSR count). The number of hydrogen-bond donors (Lipinski definition) is 3. The van der Waals surface area contributed by atoms with Crippen molar-refractivity contribution in [1.29, 1.82) is 0 Å². The van der Waals surface area contributed by atoms with Crippen molar-refractivity contribution in [1.82, 2.24) is 15.5 Å². The number of ether oxygens (including phenoxy) is 1. The van der Waals surface area contributed by atoms with Crippen molar-refractivity contribution in [2.75, 3.05) is 19.7 Å². The number of hydrazone groups is 1. The first-order valence-electron chi connectivity index (χ1n) is 9.22. The number of hydrogen-bond acceptors (Lipinski definition) is 5. The second kappa shape index (κ2) is 10.7. The highest BCUT2D eigenvalue weighted by atomic mass is 32.2. The molecule has 1 unspecified atom stereocenters. The van der Waals surface area contributed by atoms with Crippen molar-refractivity contribution in [2.24, 2.45) is 5.10 Å². The van der Waals surface area contributed by atoms with E-state index in [-0.39, 0.29) is 11.0 Å². The van der Waals surface area contributed by atoms with Crippen LogP contribution in [0.2, 0.25) is 0 Å². The van der Waals surface area contributed by atoms with Crippen LogP contribution in [0.1, 0.15) is 45.1 Å². The summed E-state index contributed by atoms with van der Waals surface area (Å²) < 4.78 is 32.5. The predicted molar refractivity (Wildman–Crippen MR) is 111 cm³/mol. The summed E-state index contributed by atoms with van der Waals surface area (Å²) in [4.78, 5) is 0.247. The fourth-order valence-electron chi connectivity index (χ4n) is 2.59. The third-order valence-electron chi connectivity index (χ3n) is 4.24. The predicted octanol–water partition coefficient (Wildman–Crippen LogP) is 2.13. The fraction of sp³-hybridized carbons (Fsp3) is 0.556. The van der Waals surface area contributed by atoms with Gasteiger partial charge in [0.2, 0.25) is 10.0 Å². The van der Waals surface area contributed by atoms with Crippen LogP contribution in [0.3, 0.4) is 0 Å². The quantitative estimate of drug-likeness (QED) is 0.249. The molecule has 150 valence electrons. The van der Waals surface area contributed by atoms with Crippen LogP contribution in [0, 0.1) is 0 Å². The third-order valence-corrected chi connectivity index (χ3v) is 5.96. The minimum atomic E-state index is -3.46. The van der Waals surface area contributed by atoms with Crippen molar-refractivity contribution in [3.63, 3.8) is 0 Å². The van der Waals surface area contributed by atoms with Crippen molar-refractivity contribution in [3.05, 3.63) is 29.8 Å². The van der Waals surface area contributed by atoms with Crippen LogP contribution in [0.5, 0.6) is 0 Å². The molecule has 7 nitrogen and oxygen atoms in total. The topological polar surface area (TPSA) is 91.8 Å². The normalized spacial score (nSPS) is 17.7. The smallest absolute Gasteiger partial charge is 0.240 e. The summed E-state index contributed by atoms with van der Waals surface area (Å²) in [5.41, 5.74) is 4.33. The molecule has 1 atom stereocenters. The Kier molecular flexibility index (Phi) is 8.62. The summed E-state index contributed by atoms with van der Waals surface area (Å²) in [6.07, 6.45) is 4.09. The van der Waals surface area contributed by atoms with Crippen LogP contribution in [0.15, 0.2) is 34.3 Å². The Balaban J connectivity index is 1.87. The lowest BCUT2D eigenvalue weighted by Gasteiger charge is -2.12. The Morgan fingerprint density at radius 2 is 2.07 bits per heavy atom. The monoisotopic (exact) mass is 412 g/mol. The highest BCUT2D eigenvalue weighted by Gasteiger charge is 2.15. The van der Waals surface area contributed by atoms with Crippen LogP contribution in [-0.4, -0.2) is 45.0 Å². The Morgan fingerprint density at radius 3 is 2.70 bits per heavy atom. The summed E-state index contributed by atoms with van der Waals surface area (Å²) in [5, 5.41) is 7.77. The van der Waals surface area contributed by atoms with Gasteiger partial charge in [0, 0.05) is 19.7 Å². The first kappa shape index (κ1) is 21.7. The Bertz CT molecular complexity index is 742. The van der Waals surface area contributed by atoms with Gasteiger partial charge in [0.25, 0.3) is 0 Å². The molecule has 3 N–H and O–H groups in total. The molecule has 0 spiro atoms. The Labute approximate surface area is 167 Å². The van der Waals surface area contributed by atoms with Gasteiger partial charge in [-0.05, 0) is 56.1 Å². The minimum Gasteiger partial charge on any atom is -0.376 e. The first-order valence-corrected chi connectivity index (χ1v) is 11.1. The number of thiocarbonyl (C=S) groups is 1. The Hall–Kier alpha value is -1.55. The van der Waals surface area contributed by atoms with E-state index in [2.05, 4.69) is 20.6 Å². The van der Waals surface area contributed by atoms with Gasteiger partial charge in [-0.25, -0.2) is 13.1 Å². The second-order valence-corrected chi connectivity index (χ2v) is 8.60. The summed E-state index contributed by atoms with van der Waals surface area (Å²) in [5.74, 6) is 0. The molecule has 27 heavy (non-hydrogen) atoms. The van der Waals surface area contributed by atoms with Crippen LogP contribution in [0.4, 0.5) is 0 Å². The van der Waals surface area contributed by atoms with Gasteiger partial charge in [0.1, 0.15) is 0 Å². The van der Waals surface area contributed by atoms with Crippen molar-refractivity contribution < 1.29 is 13.2 Å². The number of nitrogens with one attached hydrogen (secondary N) is 3. The van der Waals surface area contributed by atoms with E-state index in [1.807, 2.05) is 13.8 Å². The molecule has 1 aromatic carbocycles. The lowest BCUT2D eigenvalue weighted by atomic mass is 10.1. The zero-order valence-corrected chi connectivity index (χ0v) is 17.5. The molecule has 9 heteroatoms. The standard InChI is InChI=1S/C18H28N4O3S2/c1-3-4-11-20-27(23,24)17-9-7-15(8-10-17)14(2)21-22-18(26)19-13-16-6-5-12-25-16/h7-10,16,20H,3-6,11-13H2,1-2H3,(H2,19,22,26). The van der Waals surface area contributed by atoms with E-state index < -0.39 is 10.0 Å². The Morgan fingerprint density at radius 1 is 1.33 bits per heavy atom. The zero-order chi connectivity index (χ0) is 19.7. The van der Waals surface area contributed by atoms with Crippen LogP contribution >= 0.6 is 12.2 Å². The first-order chi connectivity index (χ1) is 12.9. The van der Waals surface area contributed by atoms with Gasteiger partial charge in [-0.1, -0.05) is 25.5 Å². The van der Waals surface area contributed by atoms with E-state index in [9.17, 15) is 8.42 Å². The molecule has 0 amide bonds. The molecule has 0 aromatic heterocycles. The molecule has 1 saturated heterocycles. The van der Waals surface area contributed by atoms with Crippen molar-refractivity contribution >= 4 is 33.1 Å². The third kappa shape index (κ3) is 7.17. The average molecular weight is 413 g/mol. The van der Waals surface area contributed by atoms with Crippen LogP contribution < -0.4 is 15.5 Å². The fourth-order valence-corrected chi connectivity index (χ4v) is 3.80. The van der Waals surface area contributed by atoms with Gasteiger partial charge < -0.3 is 10.1 Å². The molecule has 0 saturated carbocycles. The number of rotatable bonds is 9. The number of unbranched alkanes of at least 4 members (excludes halogenated alkanes) is 1. The summed E-state index contributed by atoms with van der Waals surface area (Å²) in [6.45, 7) is 5.77. The zero-order valence-electron chi connectivity index (χ0n) is 15.8. The van der Waals surface area contributed by atoms with E-state index >= 15 is 0 Å². The molecule has 1 aromatic rings. The molecular weight excluding hydrogens is 384 g/mol. The second-order valence-electron chi connectivity index (χ2n) is 6.43. The molecule has 1 fully saturated rings. The van der Waals surface area contributed by atoms with E-state index in [4.69, 9.17) is 17.0 Å². The average Bonchev–Trinajstić information content (AvgIpc) is 3.18. The lowest BCUT2D eigenvalue weighted by Crippen LogP contribution is -2.37. The molecular formula is C18H28N4O3S2. The minimum absolute atomic E-state index is 0.204. The van der Waals surface area contributed by atoms with E-state index in [1.165, 1.54) is 0 Å². The molecule has 1 heterocycles. The van der Waals surface area contributed by atoms with Gasteiger partial charge in [-0.2, -0.15) is 5.10 Å². The molecule has 1 aliphatic rings. The summed E-state index contributed by atoms with van der Waals surface area (Å²) >= 11 is 5.20. The van der Waals surface area contributed by atoms with Gasteiger partial charge in [-0.3, -0.25) is 5.43 Å². The lowest BCUT2D eigenvalue weighted by molar-refractivity contribution is 0.114. The van der Waals surface area contributed by atoms with E-state index in [0.29, 0.717) is 23.9 Å². The van der Waals surface area contributed by atoms with Crippen LogP contribution in [-0.2, 0) is 14.8 Å². The largest absolute Gasteiger partial charge is 0.376 e. The molecule has 0 bridgehead atoms. The maximum atomic E-state index is 12.2. The highest BCUT2D eigenvalue weighted by molar-refractivity contribution is 7.89. The number of sulfonamides is 1. The van der Waals surface area contributed by atoms with E-state index in [0.717, 1.165) is 37.9 Å². The molecule has 1 aliphatic heterocycles. The summed E-state index contributed by atoms with van der Waals surface area (Å²) in [7, 11) is -3.46. The van der Waals surface area contributed by atoms with E-state index in [1.54, 1.807) is 24.3 Å². The van der Waals surface area contributed by atoms with Crippen molar-refractivity contribution in [3.8, 4) is 0 Å². The molecule has 0 radical (unpaired) electrons. The maximum Gasteiger partial charge on any atom is 0.240 e. The summed E-state index contributed by atoms with van der Waals surface area (Å²) in [6, 6.07) is 6.63. The van der Waals surface area contributed by atoms with Gasteiger partial charge in [0.05, 0.1) is 16.7 Å². The van der Waals surface area contributed by atoms with Gasteiger partial charge in [-0.15, -0.1) is 0 Å². The van der Waals surface area contributed by atoms with Gasteiger partial charge >= 0.3 is 0 Å². The maximum absolute atomic E-state index is 12.2. The highest BCUT2D eigenvalue weighted by Crippen LogP contribution is 2.12. The van der Waals surface area contributed by atoms with Crippen LogP contribution in [0.25, 0.3) is 0 Å². The molecule has 0 aliphatic carbocycles. The van der Waals surface area contributed by atoms with Crippen molar-refractivity contribution in [2.45, 2.75) is 50.5 Å². The van der Waals surface area contributed by atoms with Gasteiger partial charge in [0.15, 0.2) is 5.11 Å².